The summed E-state index contributed by atoms with van der Waals surface area (Å²) in [5.41, 5.74) is 1.59. The van der Waals surface area contributed by atoms with Crippen LogP contribution < -0.4 is 10.1 Å². The molecule has 0 radical (unpaired) electrons. The zero-order valence-corrected chi connectivity index (χ0v) is 19.1. The van der Waals surface area contributed by atoms with Gasteiger partial charge in [-0.25, -0.2) is 13.4 Å². The van der Waals surface area contributed by atoms with E-state index in [9.17, 15) is 13.2 Å². The molecule has 0 saturated carbocycles. The van der Waals surface area contributed by atoms with Crippen LogP contribution in [0.25, 0.3) is 11.1 Å². The molecule has 1 aliphatic rings. The fraction of sp³-hybridized carbons (Fsp3) is 0.409. The molecular formula is C22H26N4O5S. The predicted molar refractivity (Wildman–Crippen MR) is 118 cm³/mol. The highest BCUT2D eigenvalue weighted by atomic mass is 32.2. The molecule has 1 aromatic carbocycles. The molecule has 0 atom stereocenters. The number of hydrogen-bond donors (Lipinski definition) is 1. The van der Waals surface area contributed by atoms with Crippen LogP contribution in [-0.4, -0.2) is 55.0 Å². The monoisotopic (exact) mass is 458 g/mol. The Morgan fingerprint density at radius 1 is 1.22 bits per heavy atom. The average Bonchev–Trinajstić information content (AvgIpc) is 3.23. The lowest BCUT2D eigenvalue weighted by Gasteiger charge is -2.31. The Balaban J connectivity index is 1.40. The summed E-state index contributed by atoms with van der Waals surface area (Å²) in [6, 6.07) is 7.97. The molecule has 10 heteroatoms. The quantitative estimate of drug-likeness (QED) is 0.604. The second kappa shape index (κ2) is 8.87. The van der Waals surface area contributed by atoms with Crippen LogP contribution in [0, 0.1) is 0 Å². The molecule has 3 heterocycles. The smallest absolute Gasteiger partial charge is 0.257 e. The van der Waals surface area contributed by atoms with E-state index in [4.69, 9.17) is 9.26 Å². The van der Waals surface area contributed by atoms with Crippen LogP contribution in [0.2, 0.25) is 0 Å². The number of ether oxygens (including phenoxy) is 1. The molecule has 1 amide bonds. The minimum absolute atomic E-state index is 0.118. The summed E-state index contributed by atoms with van der Waals surface area (Å²) in [5, 5.41) is 7.77. The van der Waals surface area contributed by atoms with E-state index in [1.165, 1.54) is 17.6 Å². The van der Waals surface area contributed by atoms with Crippen molar-refractivity contribution in [2.45, 2.75) is 43.5 Å². The molecule has 1 saturated heterocycles. The van der Waals surface area contributed by atoms with E-state index in [0.29, 0.717) is 43.0 Å². The first kappa shape index (κ1) is 22.2. The van der Waals surface area contributed by atoms with E-state index in [1.54, 1.807) is 30.3 Å². The van der Waals surface area contributed by atoms with Crippen LogP contribution in [0.5, 0.6) is 5.75 Å². The standard InChI is InChI=1S/C22H26N4O5S/c1-14(2)20-19-12-15(13-23-22(19)31-25-20)21(27)24-16-8-10-26(11-9-16)32(28,29)18-6-4-17(30-3)5-7-18/h4-7,12-14,16H,8-11H2,1-3H3,(H,24,27). The second-order valence-corrected chi connectivity index (χ2v) is 10.1. The molecule has 0 bridgehead atoms. The van der Waals surface area contributed by atoms with Crippen LogP contribution in [0.15, 0.2) is 45.9 Å². The van der Waals surface area contributed by atoms with Gasteiger partial charge in [-0.05, 0) is 49.1 Å². The molecule has 32 heavy (non-hydrogen) atoms. The number of fused-ring (bicyclic) bond motifs is 1. The Bertz CT molecular complexity index is 1210. The Morgan fingerprint density at radius 3 is 2.53 bits per heavy atom. The third-order valence-electron chi connectivity index (χ3n) is 5.65. The topological polar surface area (TPSA) is 115 Å². The summed E-state index contributed by atoms with van der Waals surface area (Å²) < 4.78 is 37.6. The van der Waals surface area contributed by atoms with Gasteiger partial charge in [0.05, 0.1) is 28.6 Å². The minimum Gasteiger partial charge on any atom is -0.497 e. The van der Waals surface area contributed by atoms with Crippen LogP contribution in [-0.2, 0) is 10.0 Å². The normalized spacial score (nSPS) is 15.9. The van der Waals surface area contributed by atoms with Gasteiger partial charge in [0.2, 0.25) is 10.0 Å². The highest BCUT2D eigenvalue weighted by Crippen LogP contribution is 2.25. The van der Waals surface area contributed by atoms with E-state index >= 15 is 0 Å². The van der Waals surface area contributed by atoms with Gasteiger partial charge in [-0.2, -0.15) is 4.31 Å². The number of amides is 1. The van der Waals surface area contributed by atoms with Gasteiger partial charge in [0.25, 0.3) is 11.6 Å². The number of rotatable bonds is 6. The molecule has 0 spiro atoms. The first-order valence-corrected chi connectivity index (χ1v) is 11.9. The van der Waals surface area contributed by atoms with Gasteiger partial charge in [-0.1, -0.05) is 19.0 Å². The molecule has 0 aliphatic carbocycles. The third-order valence-corrected chi connectivity index (χ3v) is 7.57. The Morgan fingerprint density at radius 2 is 1.91 bits per heavy atom. The maximum Gasteiger partial charge on any atom is 0.257 e. The zero-order valence-electron chi connectivity index (χ0n) is 18.2. The van der Waals surface area contributed by atoms with Crippen molar-refractivity contribution < 1.29 is 22.5 Å². The SMILES string of the molecule is COc1ccc(S(=O)(=O)N2CCC(NC(=O)c3cnc4onc(C(C)C)c4c3)CC2)cc1. The van der Waals surface area contributed by atoms with E-state index in [0.717, 1.165) is 11.1 Å². The lowest BCUT2D eigenvalue weighted by atomic mass is 10.0. The van der Waals surface area contributed by atoms with Gasteiger partial charge < -0.3 is 14.6 Å². The first-order chi connectivity index (χ1) is 15.3. The van der Waals surface area contributed by atoms with E-state index in [-0.39, 0.29) is 22.8 Å². The number of benzene rings is 1. The van der Waals surface area contributed by atoms with Crippen molar-refractivity contribution in [1.82, 2.24) is 19.8 Å². The number of carbonyl (C=O) groups excluding carboxylic acids is 1. The van der Waals surface area contributed by atoms with Crippen molar-refractivity contribution in [2.24, 2.45) is 0 Å². The van der Waals surface area contributed by atoms with Gasteiger partial charge in [-0.15, -0.1) is 0 Å². The van der Waals surface area contributed by atoms with Gasteiger partial charge in [-0.3, -0.25) is 4.79 Å². The molecule has 3 aromatic rings. The summed E-state index contributed by atoms with van der Waals surface area (Å²) >= 11 is 0. The van der Waals surface area contributed by atoms with E-state index in [1.807, 2.05) is 13.8 Å². The minimum atomic E-state index is -3.58. The lowest BCUT2D eigenvalue weighted by Crippen LogP contribution is -2.46. The highest BCUT2D eigenvalue weighted by molar-refractivity contribution is 7.89. The fourth-order valence-electron chi connectivity index (χ4n) is 3.80. The average molecular weight is 459 g/mol. The number of carbonyl (C=O) groups is 1. The lowest BCUT2D eigenvalue weighted by molar-refractivity contribution is 0.0923. The summed E-state index contributed by atoms with van der Waals surface area (Å²) in [6.45, 7) is 4.66. The Kier molecular flexibility index (Phi) is 6.16. The maximum atomic E-state index is 12.9. The Hall–Kier alpha value is -2.98. The molecule has 2 aromatic heterocycles. The molecule has 4 rings (SSSR count). The molecule has 1 fully saturated rings. The largest absolute Gasteiger partial charge is 0.497 e. The zero-order chi connectivity index (χ0) is 22.9. The van der Waals surface area contributed by atoms with Gasteiger partial charge in [0.15, 0.2) is 0 Å². The van der Waals surface area contributed by atoms with Crippen LogP contribution in [0.4, 0.5) is 0 Å². The summed E-state index contributed by atoms with van der Waals surface area (Å²) in [4.78, 5) is 17.2. The van der Waals surface area contributed by atoms with Crippen molar-refractivity contribution in [2.75, 3.05) is 20.2 Å². The first-order valence-electron chi connectivity index (χ1n) is 10.5. The number of hydrogen-bond acceptors (Lipinski definition) is 7. The van der Waals surface area contributed by atoms with Crippen LogP contribution >= 0.6 is 0 Å². The summed E-state index contributed by atoms with van der Waals surface area (Å²) in [7, 11) is -2.05. The molecule has 170 valence electrons. The van der Waals surface area contributed by atoms with Crippen molar-refractivity contribution in [3.05, 3.63) is 47.8 Å². The molecule has 1 N–H and O–H groups in total. The highest BCUT2D eigenvalue weighted by Gasteiger charge is 2.30. The van der Waals surface area contributed by atoms with Crippen LogP contribution in [0.1, 0.15) is 48.7 Å². The van der Waals surface area contributed by atoms with Gasteiger partial charge in [0.1, 0.15) is 5.75 Å². The number of aromatic nitrogens is 2. The van der Waals surface area contributed by atoms with Crippen molar-refractivity contribution in [1.29, 1.82) is 0 Å². The Labute approximate surface area is 186 Å². The molecule has 0 unspecified atom stereocenters. The third kappa shape index (κ3) is 4.33. The number of piperidine rings is 1. The molecule has 1 aliphatic heterocycles. The van der Waals surface area contributed by atoms with E-state index < -0.39 is 10.0 Å². The number of nitrogens with one attached hydrogen (secondary N) is 1. The van der Waals surface area contributed by atoms with Crippen molar-refractivity contribution >= 4 is 27.0 Å². The van der Waals surface area contributed by atoms with Gasteiger partial charge >= 0.3 is 0 Å². The van der Waals surface area contributed by atoms with Crippen molar-refractivity contribution in [3.8, 4) is 5.75 Å². The number of sulfonamides is 1. The number of nitrogens with zero attached hydrogens (tertiary/aromatic N) is 3. The van der Waals surface area contributed by atoms with E-state index in [2.05, 4.69) is 15.5 Å². The number of methoxy groups -OCH3 is 1. The predicted octanol–water partition coefficient (Wildman–Crippen LogP) is 2.94. The number of pyridine rings is 1. The summed E-state index contributed by atoms with van der Waals surface area (Å²) in [6.07, 6.45) is 2.53. The fourth-order valence-corrected chi connectivity index (χ4v) is 5.27. The van der Waals surface area contributed by atoms with Crippen molar-refractivity contribution in [3.63, 3.8) is 0 Å². The second-order valence-electron chi connectivity index (χ2n) is 8.13. The summed E-state index contributed by atoms with van der Waals surface area (Å²) in [5.74, 6) is 0.505. The van der Waals surface area contributed by atoms with Crippen LogP contribution in [0.3, 0.4) is 0 Å². The van der Waals surface area contributed by atoms with Gasteiger partial charge in [0, 0.05) is 25.3 Å². The maximum absolute atomic E-state index is 12.9. The molecule has 9 nitrogen and oxygen atoms in total. The molecular weight excluding hydrogens is 432 g/mol.